The molecule has 6 nitrogen and oxygen atoms in total. The maximum absolute atomic E-state index is 12.1. The molecule has 1 fully saturated rings. The van der Waals surface area contributed by atoms with E-state index < -0.39 is 12.3 Å². The molecule has 1 amide bonds. The molecule has 23 heavy (non-hydrogen) atoms. The molecule has 2 N–H and O–H groups in total. The van der Waals surface area contributed by atoms with Crippen LogP contribution in [0.2, 0.25) is 0 Å². The first-order valence-electron chi connectivity index (χ1n) is 7.79. The second kappa shape index (κ2) is 8.14. The molecule has 0 aliphatic carbocycles. The molecule has 1 atom stereocenters. The summed E-state index contributed by atoms with van der Waals surface area (Å²) in [6.45, 7) is 6.72. The number of hydrogen-bond donors (Lipinski definition) is 2. The maximum atomic E-state index is 12.1. The minimum absolute atomic E-state index is 0.209. The van der Waals surface area contributed by atoms with Crippen LogP contribution in [0.5, 0.6) is 0 Å². The topological polar surface area (TPSA) is 70.2 Å². The van der Waals surface area contributed by atoms with Crippen molar-refractivity contribution in [1.29, 1.82) is 0 Å². The lowest BCUT2D eigenvalue weighted by molar-refractivity contribution is -0.131. The van der Waals surface area contributed by atoms with Crippen LogP contribution in [0.1, 0.15) is 25.8 Å². The van der Waals surface area contributed by atoms with Crippen molar-refractivity contribution in [2.45, 2.75) is 39.3 Å². The Bertz CT molecular complexity index is 509. The minimum atomic E-state index is -2.94. The third kappa shape index (κ3) is 5.70. The fraction of sp³-hybridized carbons (Fsp3) is 0.667. The number of hydrogen-bond acceptors (Lipinski definition) is 5. The quantitative estimate of drug-likeness (QED) is 0.794. The van der Waals surface area contributed by atoms with E-state index in [-0.39, 0.29) is 12.0 Å². The number of nitrogens with zero attached hydrogens (tertiary/aromatic N) is 3. The van der Waals surface area contributed by atoms with E-state index in [4.69, 9.17) is 0 Å². The van der Waals surface area contributed by atoms with Gasteiger partial charge in [-0.2, -0.15) is 8.78 Å². The van der Waals surface area contributed by atoms with E-state index in [2.05, 4.69) is 25.5 Å². The third-order valence-electron chi connectivity index (χ3n) is 3.66. The van der Waals surface area contributed by atoms with Crippen molar-refractivity contribution < 1.29 is 13.6 Å². The summed E-state index contributed by atoms with van der Waals surface area (Å²) in [5, 5.41) is 5.42. The summed E-state index contributed by atoms with van der Waals surface area (Å²) in [4.78, 5) is 21.6. The molecule has 0 aromatic carbocycles. The van der Waals surface area contributed by atoms with Crippen LogP contribution in [-0.4, -0.2) is 52.9 Å². The molecular formula is C15H23F2N5O. The van der Waals surface area contributed by atoms with Gasteiger partial charge < -0.3 is 10.6 Å². The van der Waals surface area contributed by atoms with Gasteiger partial charge in [0, 0.05) is 43.6 Å². The van der Waals surface area contributed by atoms with Gasteiger partial charge in [0.25, 0.3) is 5.91 Å². The van der Waals surface area contributed by atoms with Crippen LogP contribution in [-0.2, 0) is 11.3 Å². The SMILES string of the molecule is CC(C)Nc1ncc(CN2CC[C@@H](CNC(=O)C(F)F)C2)cn1. The Morgan fingerprint density at radius 3 is 2.70 bits per heavy atom. The summed E-state index contributed by atoms with van der Waals surface area (Å²) in [5.74, 6) is -0.372. The van der Waals surface area contributed by atoms with E-state index in [0.717, 1.165) is 31.6 Å². The van der Waals surface area contributed by atoms with Gasteiger partial charge in [-0.25, -0.2) is 9.97 Å². The molecule has 8 heteroatoms. The average Bonchev–Trinajstić information content (AvgIpc) is 2.93. The largest absolute Gasteiger partial charge is 0.352 e. The summed E-state index contributed by atoms with van der Waals surface area (Å²) in [5.41, 5.74) is 1.01. The lowest BCUT2D eigenvalue weighted by Gasteiger charge is -2.16. The zero-order valence-electron chi connectivity index (χ0n) is 13.4. The zero-order valence-corrected chi connectivity index (χ0v) is 13.4. The van der Waals surface area contributed by atoms with E-state index in [1.807, 2.05) is 13.8 Å². The summed E-state index contributed by atoms with van der Waals surface area (Å²) < 4.78 is 24.3. The molecule has 1 aliphatic rings. The molecule has 2 rings (SSSR count). The number of carbonyl (C=O) groups excluding carboxylic acids is 1. The zero-order chi connectivity index (χ0) is 16.8. The normalized spacial score (nSPS) is 18.6. The smallest absolute Gasteiger partial charge is 0.315 e. The van der Waals surface area contributed by atoms with Gasteiger partial charge in [-0.1, -0.05) is 0 Å². The predicted molar refractivity (Wildman–Crippen MR) is 83.2 cm³/mol. The highest BCUT2D eigenvalue weighted by Gasteiger charge is 2.24. The van der Waals surface area contributed by atoms with Crippen molar-refractivity contribution in [3.8, 4) is 0 Å². The van der Waals surface area contributed by atoms with E-state index in [9.17, 15) is 13.6 Å². The van der Waals surface area contributed by atoms with Gasteiger partial charge in [-0.15, -0.1) is 0 Å². The predicted octanol–water partition coefficient (Wildman–Crippen LogP) is 1.50. The summed E-state index contributed by atoms with van der Waals surface area (Å²) >= 11 is 0. The minimum Gasteiger partial charge on any atom is -0.352 e. The average molecular weight is 327 g/mol. The first-order chi connectivity index (χ1) is 10.9. The van der Waals surface area contributed by atoms with Gasteiger partial charge >= 0.3 is 6.43 Å². The summed E-state index contributed by atoms with van der Waals surface area (Å²) in [6, 6.07) is 0.281. The van der Waals surface area contributed by atoms with Crippen LogP contribution >= 0.6 is 0 Å². The fourth-order valence-corrected chi connectivity index (χ4v) is 2.57. The number of alkyl halides is 2. The molecule has 2 heterocycles. The second-order valence-electron chi connectivity index (χ2n) is 6.15. The number of nitrogens with one attached hydrogen (secondary N) is 2. The van der Waals surface area contributed by atoms with Crippen molar-refractivity contribution in [1.82, 2.24) is 20.2 Å². The number of rotatable bonds is 7. The Hall–Kier alpha value is -1.83. The molecule has 0 unspecified atom stereocenters. The Kier molecular flexibility index (Phi) is 6.20. The van der Waals surface area contributed by atoms with E-state index in [0.29, 0.717) is 12.5 Å². The lowest BCUT2D eigenvalue weighted by atomic mass is 10.1. The first-order valence-corrected chi connectivity index (χ1v) is 7.79. The molecule has 1 aliphatic heterocycles. The Balaban J connectivity index is 1.75. The molecule has 1 aromatic rings. The van der Waals surface area contributed by atoms with E-state index in [1.54, 1.807) is 12.4 Å². The highest BCUT2D eigenvalue weighted by Crippen LogP contribution is 2.18. The fourth-order valence-electron chi connectivity index (χ4n) is 2.57. The van der Waals surface area contributed by atoms with Gasteiger partial charge in [-0.3, -0.25) is 9.69 Å². The van der Waals surface area contributed by atoms with Gasteiger partial charge in [0.1, 0.15) is 0 Å². The number of anilines is 1. The first kappa shape index (κ1) is 17.5. The van der Waals surface area contributed by atoms with Crippen LogP contribution in [0.25, 0.3) is 0 Å². The third-order valence-corrected chi connectivity index (χ3v) is 3.66. The van der Waals surface area contributed by atoms with E-state index >= 15 is 0 Å². The highest BCUT2D eigenvalue weighted by molar-refractivity contribution is 5.79. The molecule has 1 saturated heterocycles. The standard InChI is InChI=1S/C15H23F2N5O/c1-10(2)21-15-19-6-12(7-20-15)9-22-4-3-11(8-22)5-18-14(23)13(16)17/h6-7,10-11,13H,3-5,8-9H2,1-2H3,(H,18,23)(H,19,20,21)/t11-/m0/s1. The van der Waals surface area contributed by atoms with Gasteiger partial charge in [-0.05, 0) is 32.7 Å². The van der Waals surface area contributed by atoms with Gasteiger partial charge in [0.15, 0.2) is 0 Å². The summed E-state index contributed by atoms with van der Waals surface area (Å²) in [7, 11) is 0. The Labute approximate surface area is 134 Å². The van der Waals surface area contributed by atoms with Crippen molar-refractivity contribution in [2.75, 3.05) is 25.0 Å². The monoisotopic (exact) mass is 327 g/mol. The summed E-state index contributed by atoms with van der Waals surface area (Å²) in [6.07, 6.45) is 1.53. The van der Waals surface area contributed by atoms with Gasteiger partial charge in [0.2, 0.25) is 5.95 Å². The Morgan fingerprint density at radius 2 is 2.09 bits per heavy atom. The Morgan fingerprint density at radius 1 is 1.39 bits per heavy atom. The second-order valence-corrected chi connectivity index (χ2v) is 6.15. The molecular weight excluding hydrogens is 304 g/mol. The van der Waals surface area contributed by atoms with Crippen LogP contribution in [0.3, 0.4) is 0 Å². The molecule has 1 aromatic heterocycles. The molecule has 0 bridgehead atoms. The number of amides is 1. The number of carbonyl (C=O) groups is 1. The molecule has 0 saturated carbocycles. The van der Waals surface area contributed by atoms with Gasteiger partial charge in [0.05, 0.1) is 0 Å². The highest BCUT2D eigenvalue weighted by atomic mass is 19.3. The number of likely N-dealkylation sites (tertiary alicyclic amines) is 1. The molecule has 0 radical (unpaired) electrons. The maximum Gasteiger partial charge on any atom is 0.315 e. The lowest BCUT2D eigenvalue weighted by Crippen LogP contribution is -2.34. The van der Waals surface area contributed by atoms with Crippen LogP contribution < -0.4 is 10.6 Å². The van der Waals surface area contributed by atoms with E-state index in [1.165, 1.54) is 0 Å². The number of halogens is 2. The van der Waals surface area contributed by atoms with Crippen molar-refractivity contribution in [3.05, 3.63) is 18.0 Å². The number of aromatic nitrogens is 2. The van der Waals surface area contributed by atoms with Crippen LogP contribution in [0.4, 0.5) is 14.7 Å². The van der Waals surface area contributed by atoms with Crippen molar-refractivity contribution >= 4 is 11.9 Å². The molecule has 0 spiro atoms. The van der Waals surface area contributed by atoms with Crippen LogP contribution in [0.15, 0.2) is 12.4 Å². The van der Waals surface area contributed by atoms with Crippen LogP contribution in [0, 0.1) is 5.92 Å². The van der Waals surface area contributed by atoms with Crippen molar-refractivity contribution in [2.24, 2.45) is 5.92 Å². The van der Waals surface area contributed by atoms with Crippen molar-refractivity contribution in [3.63, 3.8) is 0 Å². The molecule has 128 valence electrons.